The Morgan fingerprint density at radius 1 is 1.10 bits per heavy atom. The summed E-state index contributed by atoms with van der Waals surface area (Å²) < 4.78 is 5.11. The highest BCUT2D eigenvalue weighted by Crippen LogP contribution is 2.14. The van der Waals surface area contributed by atoms with Gasteiger partial charge in [-0.25, -0.2) is 4.79 Å². The summed E-state index contributed by atoms with van der Waals surface area (Å²) >= 11 is 0. The van der Waals surface area contributed by atoms with Crippen LogP contribution in [-0.4, -0.2) is 18.6 Å². The maximum absolute atomic E-state index is 11.7. The Bertz CT molecular complexity index is 400. The quantitative estimate of drug-likeness (QED) is 0.485. The van der Waals surface area contributed by atoms with Crippen molar-refractivity contribution in [2.45, 2.75) is 65.3 Å². The summed E-state index contributed by atoms with van der Waals surface area (Å²) in [6, 6.07) is 8.00. The molecular weight excluding hydrogens is 262 g/mol. The van der Waals surface area contributed by atoms with Crippen molar-refractivity contribution in [3.63, 3.8) is 0 Å². The van der Waals surface area contributed by atoms with Crippen LogP contribution in [0.4, 0.5) is 5.69 Å². The Morgan fingerprint density at radius 3 is 2.43 bits per heavy atom. The molecule has 118 valence electrons. The first-order valence-corrected chi connectivity index (χ1v) is 8.21. The normalized spacial score (nSPS) is 12.0. The van der Waals surface area contributed by atoms with Crippen LogP contribution in [0.25, 0.3) is 0 Å². The number of rotatable bonds is 10. The molecule has 1 aromatic carbocycles. The average molecular weight is 291 g/mol. The van der Waals surface area contributed by atoms with E-state index in [-0.39, 0.29) is 5.97 Å². The Labute approximate surface area is 129 Å². The highest BCUT2D eigenvalue weighted by molar-refractivity contribution is 5.89. The molecule has 0 aliphatic heterocycles. The molecule has 0 aliphatic rings. The first-order valence-electron chi connectivity index (χ1n) is 8.21. The lowest BCUT2D eigenvalue weighted by Gasteiger charge is -2.15. The molecular formula is C18H29NO2. The third-order valence-electron chi connectivity index (χ3n) is 3.46. The number of hydrogen-bond donors (Lipinski definition) is 1. The minimum atomic E-state index is -0.240. The maximum atomic E-state index is 11.7. The van der Waals surface area contributed by atoms with Crippen molar-refractivity contribution >= 4 is 11.7 Å². The number of anilines is 1. The number of ether oxygens (including phenoxy) is 1. The van der Waals surface area contributed by atoms with Gasteiger partial charge in [-0.2, -0.15) is 0 Å². The molecule has 1 N–H and O–H groups in total. The van der Waals surface area contributed by atoms with Crippen LogP contribution in [0.1, 0.15) is 69.7 Å². The van der Waals surface area contributed by atoms with E-state index < -0.39 is 0 Å². The van der Waals surface area contributed by atoms with E-state index in [0.29, 0.717) is 18.2 Å². The molecule has 0 fully saturated rings. The van der Waals surface area contributed by atoms with Crippen molar-refractivity contribution in [3.8, 4) is 0 Å². The van der Waals surface area contributed by atoms with Gasteiger partial charge in [0, 0.05) is 11.7 Å². The number of hydrogen-bond acceptors (Lipinski definition) is 3. The van der Waals surface area contributed by atoms with E-state index in [1.165, 1.54) is 32.1 Å². The van der Waals surface area contributed by atoms with Gasteiger partial charge in [-0.3, -0.25) is 0 Å². The van der Waals surface area contributed by atoms with E-state index in [0.717, 1.165) is 12.1 Å². The molecule has 21 heavy (non-hydrogen) atoms. The van der Waals surface area contributed by atoms with Gasteiger partial charge in [-0.05, 0) is 44.0 Å². The monoisotopic (exact) mass is 291 g/mol. The van der Waals surface area contributed by atoms with Gasteiger partial charge >= 0.3 is 5.97 Å². The first-order chi connectivity index (χ1) is 10.2. The molecule has 0 saturated heterocycles. The summed E-state index contributed by atoms with van der Waals surface area (Å²) in [6.07, 6.45) is 7.20. The Morgan fingerprint density at radius 2 is 1.81 bits per heavy atom. The summed E-state index contributed by atoms with van der Waals surface area (Å²) in [5.74, 6) is -0.240. The van der Waals surface area contributed by atoms with Crippen LogP contribution < -0.4 is 5.32 Å². The van der Waals surface area contributed by atoms with Crippen LogP contribution in [0.15, 0.2) is 24.3 Å². The summed E-state index contributed by atoms with van der Waals surface area (Å²) in [5.41, 5.74) is 1.68. The smallest absolute Gasteiger partial charge is 0.338 e. The lowest BCUT2D eigenvalue weighted by atomic mass is 10.1. The molecule has 0 heterocycles. The Balaban J connectivity index is 2.38. The molecule has 1 aromatic rings. The topological polar surface area (TPSA) is 38.3 Å². The average Bonchev–Trinajstić information content (AvgIpc) is 2.50. The van der Waals surface area contributed by atoms with Crippen LogP contribution in [0.5, 0.6) is 0 Å². The van der Waals surface area contributed by atoms with Gasteiger partial charge in [-0.15, -0.1) is 0 Å². The number of unbranched alkanes of at least 4 members (excludes halogenated alkanes) is 3. The van der Waals surface area contributed by atoms with E-state index in [1.54, 1.807) is 0 Å². The summed E-state index contributed by atoms with van der Waals surface area (Å²) in [4.78, 5) is 11.7. The van der Waals surface area contributed by atoms with Crippen LogP contribution in [0.3, 0.4) is 0 Å². The van der Waals surface area contributed by atoms with Crippen LogP contribution in [0.2, 0.25) is 0 Å². The number of benzene rings is 1. The van der Waals surface area contributed by atoms with Gasteiger partial charge in [0.15, 0.2) is 0 Å². The first kappa shape index (κ1) is 17.5. The van der Waals surface area contributed by atoms with Gasteiger partial charge in [-0.1, -0.05) is 39.5 Å². The molecule has 3 heteroatoms. The third kappa shape index (κ3) is 7.16. The summed E-state index contributed by atoms with van der Waals surface area (Å²) in [5, 5.41) is 3.48. The number of esters is 1. The van der Waals surface area contributed by atoms with Crippen molar-refractivity contribution < 1.29 is 9.53 Å². The summed E-state index contributed by atoms with van der Waals surface area (Å²) in [6.45, 7) is 6.90. The zero-order chi connectivity index (χ0) is 15.5. The maximum Gasteiger partial charge on any atom is 0.338 e. The number of carbonyl (C=O) groups excluding carboxylic acids is 1. The van der Waals surface area contributed by atoms with Crippen molar-refractivity contribution in [2.24, 2.45) is 0 Å². The second-order valence-electron chi connectivity index (χ2n) is 5.61. The fourth-order valence-corrected chi connectivity index (χ4v) is 2.21. The lowest BCUT2D eigenvalue weighted by molar-refractivity contribution is 0.0505. The Kier molecular flexibility index (Phi) is 8.56. The predicted molar refractivity (Wildman–Crippen MR) is 88.9 cm³/mol. The second-order valence-corrected chi connectivity index (χ2v) is 5.61. The fraction of sp³-hybridized carbons (Fsp3) is 0.611. The molecule has 0 spiro atoms. The largest absolute Gasteiger partial charge is 0.462 e. The van der Waals surface area contributed by atoms with Gasteiger partial charge < -0.3 is 10.1 Å². The molecule has 0 bridgehead atoms. The van der Waals surface area contributed by atoms with Crippen molar-refractivity contribution in [1.29, 1.82) is 0 Å². The molecule has 1 atom stereocenters. The van der Waals surface area contributed by atoms with E-state index in [2.05, 4.69) is 19.2 Å². The molecule has 3 nitrogen and oxygen atoms in total. The molecule has 1 unspecified atom stereocenters. The lowest BCUT2D eigenvalue weighted by Crippen LogP contribution is -2.15. The second kappa shape index (κ2) is 10.3. The zero-order valence-electron chi connectivity index (χ0n) is 13.7. The highest BCUT2D eigenvalue weighted by Gasteiger charge is 2.07. The minimum Gasteiger partial charge on any atom is -0.462 e. The van der Waals surface area contributed by atoms with Gasteiger partial charge in [0.25, 0.3) is 0 Å². The minimum absolute atomic E-state index is 0.240. The van der Waals surface area contributed by atoms with Gasteiger partial charge in [0.1, 0.15) is 0 Å². The third-order valence-corrected chi connectivity index (χ3v) is 3.46. The van der Waals surface area contributed by atoms with E-state index >= 15 is 0 Å². The SMILES string of the molecule is CCCCCCC(C)Nc1ccc(C(=O)OCCC)cc1. The van der Waals surface area contributed by atoms with Crippen molar-refractivity contribution in [3.05, 3.63) is 29.8 Å². The predicted octanol–water partition coefficient (Wildman–Crippen LogP) is 5.02. The van der Waals surface area contributed by atoms with E-state index in [1.807, 2.05) is 31.2 Å². The van der Waals surface area contributed by atoms with Crippen LogP contribution >= 0.6 is 0 Å². The van der Waals surface area contributed by atoms with Gasteiger partial charge in [0.2, 0.25) is 0 Å². The number of nitrogens with one attached hydrogen (secondary N) is 1. The molecule has 0 aromatic heterocycles. The molecule has 0 radical (unpaired) electrons. The Hall–Kier alpha value is -1.51. The zero-order valence-corrected chi connectivity index (χ0v) is 13.7. The highest BCUT2D eigenvalue weighted by atomic mass is 16.5. The molecule has 1 rings (SSSR count). The van der Waals surface area contributed by atoms with Crippen LogP contribution in [-0.2, 0) is 4.74 Å². The van der Waals surface area contributed by atoms with Crippen LogP contribution in [0, 0.1) is 0 Å². The fourth-order valence-electron chi connectivity index (χ4n) is 2.21. The molecule has 0 saturated carbocycles. The van der Waals surface area contributed by atoms with E-state index in [4.69, 9.17) is 4.74 Å². The van der Waals surface area contributed by atoms with E-state index in [9.17, 15) is 4.79 Å². The number of carbonyl (C=O) groups is 1. The summed E-state index contributed by atoms with van der Waals surface area (Å²) in [7, 11) is 0. The van der Waals surface area contributed by atoms with Crippen molar-refractivity contribution in [2.75, 3.05) is 11.9 Å². The van der Waals surface area contributed by atoms with Gasteiger partial charge in [0.05, 0.1) is 12.2 Å². The standard InChI is InChI=1S/C18H29NO2/c1-4-6-7-8-9-15(3)19-17-12-10-16(11-13-17)18(20)21-14-5-2/h10-13,15,19H,4-9,14H2,1-3H3. The molecule has 0 aliphatic carbocycles. The molecule has 0 amide bonds. The van der Waals surface area contributed by atoms with Crippen molar-refractivity contribution in [1.82, 2.24) is 0 Å².